The summed E-state index contributed by atoms with van der Waals surface area (Å²) in [6.45, 7) is 0.440. The smallest absolute Gasteiger partial charge is 0.148 e. The van der Waals surface area contributed by atoms with Gasteiger partial charge in [-0.05, 0) is 55.6 Å². The number of ether oxygens (including phenoxy) is 1. The van der Waals surface area contributed by atoms with Gasteiger partial charge in [-0.15, -0.1) is 0 Å². The highest BCUT2D eigenvalue weighted by molar-refractivity contribution is 9.11. The predicted molar refractivity (Wildman–Crippen MR) is 96.2 cm³/mol. The van der Waals surface area contributed by atoms with Crippen LogP contribution in [-0.2, 0) is 6.61 Å². The summed E-state index contributed by atoms with van der Waals surface area (Å²) in [5.41, 5.74) is 7.48. The van der Waals surface area contributed by atoms with Crippen LogP contribution in [0.5, 0.6) is 5.75 Å². The summed E-state index contributed by atoms with van der Waals surface area (Å²) in [4.78, 5) is 0.387. The van der Waals surface area contributed by atoms with Crippen molar-refractivity contribution in [2.24, 2.45) is 5.73 Å². The lowest BCUT2D eigenvalue weighted by molar-refractivity contribution is 0.302. The first kappa shape index (κ1) is 15.9. The lowest BCUT2D eigenvalue weighted by atomic mass is 10.1. The van der Waals surface area contributed by atoms with Gasteiger partial charge in [0.2, 0.25) is 0 Å². The van der Waals surface area contributed by atoms with Crippen LogP contribution in [-0.4, -0.2) is 4.99 Å². The SMILES string of the molecule is NC(=S)c1cccc(COc2c(Br)cc(Br)cc2Br)c1. The number of rotatable bonds is 4. The monoisotopic (exact) mass is 477 g/mol. The van der Waals surface area contributed by atoms with Crippen LogP contribution in [0.3, 0.4) is 0 Å². The summed E-state index contributed by atoms with van der Waals surface area (Å²) in [6, 6.07) is 11.6. The van der Waals surface area contributed by atoms with Crippen LogP contribution < -0.4 is 10.5 Å². The molecule has 2 aromatic rings. The van der Waals surface area contributed by atoms with Gasteiger partial charge in [0, 0.05) is 10.0 Å². The van der Waals surface area contributed by atoms with Gasteiger partial charge in [0.15, 0.2) is 0 Å². The third-order valence-electron chi connectivity index (χ3n) is 2.56. The van der Waals surface area contributed by atoms with Crippen LogP contribution in [0.2, 0.25) is 0 Å². The average molecular weight is 480 g/mol. The molecule has 0 atom stereocenters. The minimum absolute atomic E-state index is 0.387. The highest BCUT2D eigenvalue weighted by Crippen LogP contribution is 2.36. The normalized spacial score (nSPS) is 10.3. The highest BCUT2D eigenvalue weighted by atomic mass is 79.9. The molecule has 104 valence electrons. The predicted octanol–water partition coefficient (Wildman–Crippen LogP) is 5.19. The fourth-order valence-corrected chi connectivity index (χ4v) is 4.25. The summed E-state index contributed by atoms with van der Waals surface area (Å²) < 4.78 is 8.57. The molecule has 2 rings (SSSR count). The van der Waals surface area contributed by atoms with Gasteiger partial charge in [-0.3, -0.25) is 0 Å². The van der Waals surface area contributed by atoms with Crippen molar-refractivity contribution in [3.63, 3.8) is 0 Å². The van der Waals surface area contributed by atoms with E-state index in [1.54, 1.807) is 0 Å². The largest absolute Gasteiger partial charge is 0.487 e. The van der Waals surface area contributed by atoms with Gasteiger partial charge in [-0.25, -0.2) is 0 Å². The minimum atomic E-state index is 0.387. The number of hydrogen-bond acceptors (Lipinski definition) is 2. The molecule has 0 saturated carbocycles. The Hall–Kier alpha value is -0.430. The molecule has 2 nitrogen and oxygen atoms in total. The summed E-state index contributed by atoms with van der Waals surface area (Å²) in [7, 11) is 0. The first-order chi connectivity index (χ1) is 9.47. The molecule has 0 spiro atoms. The fourth-order valence-electron chi connectivity index (χ4n) is 1.64. The Balaban J connectivity index is 2.17. The standard InChI is InChI=1S/C14H10Br3NOS/c15-10-5-11(16)13(12(17)6-10)19-7-8-2-1-3-9(4-8)14(18)20/h1-6H,7H2,(H2,18,20). The summed E-state index contributed by atoms with van der Waals surface area (Å²) in [5, 5.41) is 0. The van der Waals surface area contributed by atoms with Gasteiger partial charge < -0.3 is 10.5 Å². The molecule has 0 aliphatic carbocycles. The maximum absolute atomic E-state index is 5.84. The van der Waals surface area contributed by atoms with Gasteiger partial charge in [0.25, 0.3) is 0 Å². The molecule has 0 aliphatic rings. The Bertz CT molecular complexity index is 638. The van der Waals surface area contributed by atoms with Gasteiger partial charge in [0.1, 0.15) is 17.3 Å². The maximum Gasteiger partial charge on any atom is 0.148 e. The van der Waals surface area contributed by atoms with E-state index in [0.717, 1.165) is 30.3 Å². The van der Waals surface area contributed by atoms with Crippen molar-refractivity contribution in [2.45, 2.75) is 6.61 Å². The van der Waals surface area contributed by atoms with E-state index in [0.29, 0.717) is 11.6 Å². The van der Waals surface area contributed by atoms with Crippen LogP contribution in [0, 0.1) is 0 Å². The second kappa shape index (κ2) is 7.02. The number of thiocarbonyl (C=S) groups is 1. The molecule has 2 aromatic carbocycles. The molecule has 0 bridgehead atoms. The molecule has 0 amide bonds. The van der Waals surface area contributed by atoms with Crippen molar-refractivity contribution in [3.05, 3.63) is 60.9 Å². The van der Waals surface area contributed by atoms with Crippen LogP contribution in [0.25, 0.3) is 0 Å². The third-order valence-corrected chi connectivity index (χ3v) is 4.43. The van der Waals surface area contributed by atoms with E-state index in [2.05, 4.69) is 47.8 Å². The van der Waals surface area contributed by atoms with Crippen LogP contribution in [0.4, 0.5) is 0 Å². The number of benzene rings is 2. The van der Waals surface area contributed by atoms with Crippen LogP contribution in [0.1, 0.15) is 11.1 Å². The fraction of sp³-hybridized carbons (Fsp3) is 0.0714. The van der Waals surface area contributed by atoms with Crippen molar-refractivity contribution >= 4 is 65.0 Å². The van der Waals surface area contributed by atoms with Gasteiger partial charge >= 0.3 is 0 Å². The molecule has 0 radical (unpaired) electrons. The van der Waals surface area contributed by atoms with E-state index in [4.69, 9.17) is 22.7 Å². The maximum atomic E-state index is 5.84. The van der Waals surface area contributed by atoms with E-state index in [9.17, 15) is 0 Å². The van der Waals surface area contributed by atoms with Crippen LogP contribution in [0.15, 0.2) is 49.8 Å². The van der Waals surface area contributed by atoms with Gasteiger partial charge in [-0.2, -0.15) is 0 Å². The van der Waals surface area contributed by atoms with Crippen molar-refractivity contribution in [3.8, 4) is 5.75 Å². The Labute approximate surface area is 148 Å². The first-order valence-corrected chi connectivity index (χ1v) is 8.42. The summed E-state index contributed by atoms with van der Waals surface area (Å²) in [6.07, 6.45) is 0. The molecule has 0 heterocycles. The molecular weight excluding hydrogens is 470 g/mol. The number of hydrogen-bond donors (Lipinski definition) is 1. The average Bonchev–Trinajstić information content (AvgIpc) is 2.37. The third kappa shape index (κ3) is 4.04. The molecule has 0 aromatic heterocycles. The Morgan fingerprint density at radius 1 is 1.10 bits per heavy atom. The molecule has 0 saturated heterocycles. The molecule has 0 unspecified atom stereocenters. The highest BCUT2D eigenvalue weighted by Gasteiger charge is 2.09. The lowest BCUT2D eigenvalue weighted by Crippen LogP contribution is -2.09. The van der Waals surface area contributed by atoms with E-state index >= 15 is 0 Å². The van der Waals surface area contributed by atoms with Crippen molar-refractivity contribution in [2.75, 3.05) is 0 Å². The molecule has 0 fully saturated rings. The van der Waals surface area contributed by atoms with E-state index in [-0.39, 0.29) is 0 Å². The molecule has 2 N–H and O–H groups in total. The number of halogens is 3. The lowest BCUT2D eigenvalue weighted by Gasteiger charge is -2.11. The van der Waals surface area contributed by atoms with Gasteiger partial charge in [0.05, 0.1) is 8.95 Å². The van der Waals surface area contributed by atoms with Crippen molar-refractivity contribution in [1.29, 1.82) is 0 Å². The quantitative estimate of drug-likeness (QED) is 0.613. The Kier molecular flexibility index (Phi) is 5.60. The zero-order chi connectivity index (χ0) is 14.7. The van der Waals surface area contributed by atoms with E-state index in [1.807, 2.05) is 36.4 Å². The van der Waals surface area contributed by atoms with Gasteiger partial charge in [-0.1, -0.05) is 46.3 Å². The Morgan fingerprint density at radius 3 is 2.35 bits per heavy atom. The topological polar surface area (TPSA) is 35.2 Å². The zero-order valence-electron chi connectivity index (χ0n) is 10.2. The van der Waals surface area contributed by atoms with E-state index < -0.39 is 0 Å². The van der Waals surface area contributed by atoms with Crippen LogP contribution >= 0.6 is 60.0 Å². The molecule has 6 heteroatoms. The first-order valence-electron chi connectivity index (χ1n) is 5.63. The molecule has 0 aliphatic heterocycles. The number of nitrogens with two attached hydrogens (primary N) is 1. The van der Waals surface area contributed by atoms with Crippen molar-refractivity contribution in [1.82, 2.24) is 0 Å². The second-order valence-corrected chi connectivity index (χ2v) is 7.12. The summed E-state index contributed by atoms with van der Waals surface area (Å²) >= 11 is 15.4. The van der Waals surface area contributed by atoms with Crippen molar-refractivity contribution < 1.29 is 4.74 Å². The zero-order valence-corrected chi connectivity index (χ0v) is 15.8. The minimum Gasteiger partial charge on any atom is -0.487 e. The molecule has 20 heavy (non-hydrogen) atoms. The Morgan fingerprint density at radius 2 is 1.75 bits per heavy atom. The summed E-state index contributed by atoms with van der Waals surface area (Å²) in [5.74, 6) is 0.758. The van der Waals surface area contributed by atoms with E-state index in [1.165, 1.54) is 0 Å². The molecular formula is C14H10Br3NOS. The second-order valence-electron chi connectivity index (χ2n) is 4.05.